The van der Waals surface area contributed by atoms with Crippen molar-refractivity contribution in [3.05, 3.63) is 72.3 Å². The molecule has 0 radical (unpaired) electrons. The summed E-state index contributed by atoms with van der Waals surface area (Å²) >= 11 is 4.22. The molecule has 2 amide bonds. The summed E-state index contributed by atoms with van der Waals surface area (Å²) in [4.78, 5) is 28.7. The molecule has 0 aliphatic rings. The molecule has 35 heavy (non-hydrogen) atoms. The summed E-state index contributed by atoms with van der Waals surface area (Å²) in [7, 11) is 0. The molecule has 0 bridgehead atoms. The predicted molar refractivity (Wildman–Crippen MR) is 143 cm³/mol. The number of hydrogen-bond donors (Lipinski definition) is 5. The molecule has 1 heterocycles. The van der Waals surface area contributed by atoms with E-state index in [1.54, 1.807) is 13.0 Å². The molecule has 1 unspecified atom stereocenters. The third kappa shape index (κ3) is 8.01. The standard InChI is InChI=1S/C26H31N5O3S/c1-17(25(33)29-14-19-7-6-10-22(13-19)30-18(2)32)34-26-24(28-15-21(27)16-35)12-11-23(31-26)20-8-4-3-5-9-20/h3-13,17,21,28,35H,14-16,27H2,1-2H3,(H,29,33)(H,30,32)/t17-,21?/m1/s1. The van der Waals surface area contributed by atoms with Crippen molar-refractivity contribution in [3.8, 4) is 17.1 Å². The zero-order valence-electron chi connectivity index (χ0n) is 19.8. The van der Waals surface area contributed by atoms with Crippen LogP contribution in [-0.4, -0.2) is 41.2 Å². The molecular formula is C26H31N5O3S. The van der Waals surface area contributed by atoms with E-state index in [-0.39, 0.29) is 17.9 Å². The van der Waals surface area contributed by atoms with Gasteiger partial charge in [-0.05, 0) is 36.8 Å². The number of benzene rings is 2. The van der Waals surface area contributed by atoms with Gasteiger partial charge < -0.3 is 26.4 Å². The number of nitrogens with one attached hydrogen (secondary N) is 3. The van der Waals surface area contributed by atoms with Crippen molar-refractivity contribution in [1.29, 1.82) is 0 Å². The number of rotatable bonds is 11. The van der Waals surface area contributed by atoms with Gasteiger partial charge in [-0.3, -0.25) is 9.59 Å². The number of carbonyl (C=O) groups excluding carboxylic acids is 2. The maximum Gasteiger partial charge on any atom is 0.261 e. The van der Waals surface area contributed by atoms with Crippen LogP contribution in [0.1, 0.15) is 19.4 Å². The molecular weight excluding hydrogens is 462 g/mol. The largest absolute Gasteiger partial charge is 0.463 e. The van der Waals surface area contributed by atoms with Crippen molar-refractivity contribution in [2.24, 2.45) is 5.73 Å². The quantitative estimate of drug-likeness (QED) is 0.261. The second-order valence-electron chi connectivity index (χ2n) is 8.10. The lowest BCUT2D eigenvalue weighted by molar-refractivity contribution is -0.127. The van der Waals surface area contributed by atoms with Crippen molar-refractivity contribution in [2.45, 2.75) is 32.5 Å². The Balaban J connectivity index is 1.71. The predicted octanol–water partition coefficient (Wildman–Crippen LogP) is 3.46. The summed E-state index contributed by atoms with van der Waals surface area (Å²) in [6, 6.07) is 20.6. The molecule has 2 aromatic carbocycles. The van der Waals surface area contributed by atoms with Gasteiger partial charge in [-0.2, -0.15) is 12.6 Å². The molecule has 2 atom stereocenters. The fourth-order valence-corrected chi connectivity index (χ4v) is 3.39. The van der Waals surface area contributed by atoms with Crippen LogP contribution in [0.15, 0.2) is 66.7 Å². The molecule has 0 saturated carbocycles. The van der Waals surface area contributed by atoms with Crippen LogP contribution in [0.5, 0.6) is 5.88 Å². The third-order valence-corrected chi connectivity index (χ3v) is 5.56. The molecule has 3 aromatic rings. The zero-order chi connectivity index (χ0) is 25.2. The van der Waals surface area contributed by atoms with E-state index in [2.05, 4.69) is 33.6 Å². The SMILES string of the molecule is CC(=O)Nc1cccc(CNC(=O)[C@@H](C)Oc2nc(-c3ccccc3)ccc2NCC(N)CS)c1. The maximum atomic E-state index is 12.8. The van der Waals surface area contributed by atoms with Gasteiger partial charge in [0.15, 0.2) is 6.10 Å². The van der Waals surface area contributed by atoms with Gasteiger partial charge >= 0.3 is 0 Å². The fourth-order valence-electron chi connectivity index (χ4n) is 3.26. The molecule has 0 saturated heterocycles. The van der Waals surface area contributed by atoms with Gasteiger partial charge in [0.25, 0.3) is 5.91 Å². The number of thiol groups is 1. The van der Waals surface area contributed by atoms with E-state index in [0.29, 0.717) is 36.1 Å². The van der Waals surface area contributed by atoms with Gasteiger partial charge in [0, 0.05) is 43.1 Å². The van der Waals surface area contributed by atoms with Crippen molar-refractivity contribution < 1.29 is 14.3 Å². The van der Waals surface area contributed by atoms with Crippen LogP contribution in [0, 0.1) is 0 Å². The number of nitrogens with zero attached hydrogens (tertiary/aromatic N) is 1. The number of anilines is 2. The Labute approximate surface area is 211 Å². The topological polar surface area (TPSA) is 118 Å². The second-order valence-corrected chi connectivity index (χ2v) is 8.46. The van der Waals surface area contributed by atoms with E-state index < -0.39 is 6.10 Å². The summed E-state index contributed by atoms with van der Waals surface area (Å²) in [6.07, 6.45) is -0.800. The van der Waals surface area contributed by atoms with E-state index in [0.717, 1.165) is 16.8 Å². The first-order valence-corrected chi connectivity index (χ1v) is 12.0. The van der Waals surface area contributed by atoms with E-state index in [1.165, 1.54) is 6.92 Å². The van der Waals surface area contributed by atoms with Gasteiger partial charge in [-0.1, -0.05) is 42.5 Å². The second kappa shape index (κ2) is 12.8. The summed E-state index contributed by atoms with van der Waals surface area (Å²) < 4.78 is 6.00. The molecule has 0 aliphatic heterocycles. The summed E-state index contributed by atoms with van der Waals surface area (Å²) in [6.45, 7) is 3.89. The van der Waals surface area contributed by atoms with Gasteiger partial charge in [-0.15, -0.1) is 0 Å². The number of carbonyl (C=O) groups is 2. The summed E-state index contributed by atoms with van der Waals surface area (Å²) in [5.41, 5.74) is 9.82. The Hall–Kier alpha value is -3.56. The smallest absolute Gasteiger partial charge is 0.261 e. The van der Waals surface area contributed by atoms with E-state index in [9.17, 15) is 9.59 Å². The highest BCUT2D eigenvalue weighted by Gasteiger charge is 2.18. The average molecular weight is 494 g/mol. The molecule has 9 heteroatoms. The lowest BCUT2D eigenvalue weighted by Crippen LogP contribution is -2.36. The average Bonchev–Trinajstić information content (AvgIpc) is 2.86. The van der Waals surface area contributed by atoms with Crippen molar-refractivity contribution in [2.75, 3.05) is 22.9 Å². The Morgan fingerprint density at radius 3 is 2.57 bits per heavy atom. The number of nitrogens with two attached hydrogens (primary N) is 1. The van der Waals surface area contributed by atoms with Crippen molar-refractivity contribution in [1.82, 2.24) is 10.3 Å². The van der Waals surface area contributed by atoms with Crippen LogP contribution in [-0.2, 0) is 16.1 Å². The van der Waals surface area contributed by atoms with Gasteiger partial charge in [0.2, 0.25) is 11.8 Å². The summed E-state index contributed by atoms with van der Waals surface area (Å²) in [5, 5.41) is 8.84. The van der Waals surface area contributed by atoms with E-state index in [1.807, 2.05) is 60.7 Å². The van der Waals surface area contributed by atoms with Crippen LogP contribution in [0.3, 0.4) is 0 Å². The first kappa shape index (κ1) is 26.1. The number of pyridine rings is 1. The number of hydrogen-bond acceptors (Lipinski definition) is 7. The van der Waals surface area contributed by atoms with E-state index >= 15 is 0 Å². The molecule has 0 spiro atoms. The van der Waals surface area contributed by atoms with Gasteiger partial charge in [-0.25, -0.2) is 4.98 Å². The lowest BCUT2D eigenvalue weighted by atomic mass is 10.1. The fraction of sp³-hybridized carbons (Fsp3) is 0.269. The van der Waals surface area contributed by atoms with Crippen LogP contribution in [0.4, 0.5) is 11.4 Å². The molecule has 1 aromatic heterocycles. The van der Waals surface area contributed by atoms with Crippen LogP contribution >= 0.6 is 12.6 Å². The first-order valence-electron chi connectivity index (χ1n) is 11.3. The van der Waals surface area contributed by atoms with Crippen LogP contribution in [0.2, 0.25) is 0 Å². The number of aromatic nitrogens is 1. The third-order valence-electron chi connectivity index (χ3n) is 5.09. The monoisotopic (exact) mass is 493 g/mol. The number of ether oxygens (including phenoxy) is 1. The van der Waals surface area contributed by atoms with Crippen molar-refractivity contribution >= 4 is 35.8 Å². The normalized spacial score (nSPS) is 12.3. The highest BCUT2D eigenvalue weighted by atomic mass is 32.1. The summed E-state index contributed by atoms with van der Waals surface area (Å²) in [5.74, 6) is 0.395. The highest BCUT2D eigenvalue weighted by Crippen LogP contribution is 2.28. The molecule has 184 valence electrons. The minimum Gasteiger partial charge on any atom is -0.463 e. The molecule has 5 N–H and O–H groups in total. The molecule has 8 nitrogen and oxygen atoms in total. The Morgan fingerprint density at radius 1 is 1.09 bits per heavy atom. The first-order chi connectivity index (χ1) is 16.9. The van der Waals surface area contributed by atoms with Gasteiger partial charge in [0.1, 0.15) is 0 Å². The number of amides is 2. The molecule has 3 rings (SSSR count). The van der Waals surface area contributed by atoms with E-state index in [4.69, 9.17) is 10.5 Å². The lowest BCUT2D eigenvalue weighted by Gasteiger charge is -2.19. The van der Waals surface area contributed by atoms with Crippen LogP contribution < -0.4 is 26.4 Å². The molecule has 0 aliphatic carbocycles. The Bertz CT molecular complexity index is 1140. The Kier molecular flexibility index (Phi) is 9.51. The Morgan fingerprint density at radius 2 is 1.86 bits per heavy atom. The van der Waals surface area contributed by atoms with Crippen molar-refractivity contribution in [3.63, 3.8) is 0 Å². The minimum absolute atomic E-state index is 0.144. The van der Waals surface area contributed by atoms with Gasteiger partial charge in [0.05, 0.1) is 11.4 Å². The maximum absolute atomic E-state index is 12.8. The molecule has 0 fully saturated rings. The highest BCUT2D eigenvalue weighted by molar-refractivity contribution is 7.80. The van der Waals surface area contributed by atoms with Crippen LogP contribution in [0.25, 0.3) is 11.3 Å². The zero-order valence-corrected chi connectivity index (χ0v) is 20.7. The minimum atomic E-state index is -0.800.